The average Bonchev–Trinajstić information content (AvgIpc) is 2.78. The highest BCUT2D eigenvalue weighted by Crippen LogP contribution is 2.61. The third kappa shape index (κ3) is 4.52. The molecule has 3 nitrogen and oxygen atoms in total. The third-order valence-corrected chi connectivity index (χ3v) is 7.44. The van der Waals surface area contributed by atoms with E-state index in [0.717, 1.165) is 34.6 Å². The molecule has 0 aliphatic heterocycles. The predicted molar refractivity (Wildman–Crippen MR) is 122 cm³/mol. The van der Waals surface area contributed by atoms with Gasteiger partial charge in [-0.05, 0) is 92.0 Å². The van der Waals surface area contributed by atoms with Gasteiger partial charge in [-0.25, -0.2) is 0 Å². The highest BCUT2D eigenvalue weighted by molar-refractivity contribution is 5.50. The Hall–Kier alpha value is -2.28. The van der Waals surface area contributed by atoms with Crippen LogP contribution in [0.1, 0.15) is 55.2 Å². The van der Waals surface area contributed by atoms with Gasteiger partial charge in [0.25, 0.3) is 0 Å². The van der Waals surface area contributed by atoms with Gasteiger partial charge in [-0.3, -0.25) is 0 Å². The van der Waals surface area contributed by atoms with Gasteiger partial charge >= 0.3 is 0 Å². The first-order valence-electron chi connectivity index (χ1n) is 11.7. The lowest BCUT2D eigenvalue weighted by molar-refractivity contribution is -0.0189. The van der Waals surface area contributed by atoms with Gasteiger partial charge < -0.3 is 14.2 Å². The van der Waals surface area contributed by atoms with Crippen molar-refractivity contribution in [1.82, 2.24) is 0 Å². The fraction of sp³-hybridized carbons (Fsp3) is 0.500. The van der Waals surface area contributed by atoms with E-state index < -0.39 is 0 Å². The molecule has 4 fully saturated rings. The van der Waals surface area contributed by atoms with E-state index in [2.05, 4.69) is 42.2 Å². The summed E-state index contributed by atoms with van der Waals surface area (Å²) in [5.41, 5.74) is 3.73. The first kappa shape index (κ1) is 20.6. The molecule has 0 saturated heterocycles. The molecule has 0 amide bonds. The number of rotatable bonds is 7. The Morgan fingerprint density at radius 2 is 1.52 bits per heavy atom. The van der Waals surface area contributed by atoms with Gasteiger partial charge in [0.15, 0.2) is 6.79 Å². The molecule has 2 aromatic rings. The SMILES string of the molecule is COCCOCOc1ccc(C#Cc2ccccc2)cc1C12CC3CC(CC(C3)C1)C2. The molecular formula is C28H32O3. The van der Waals surface area contributed by atoms with Crippen LogP contribution in [0.15, 0.2) is 48.5 Å². The number of hydrogen-bond donors (Lipinski definition) is 0. The molecule has 0 atom stereocenters. The molecule has 0 unspecified atom stereocenters. The van der Waals surface area contributed by atoms with Crippen molar-refractivity contribution in [3.63, 3.8) is 0 Å². The predicted octanol–water partition coefficient (Wildman–Crippen LogP) is 5.55. The highest BCUT2D eigenvalue weighted by Gasteiger charge is 2.52. The summed E-state index contributed by atoms with van der Waals surface area (Å²) < 4.78 is 16.8. The van der Waals surface area contributed by atoms with Crippen molar-refractivity contribution < 1.29 is 14.2 Å². The number of ether oxygens (including phenoxy) is 3. The van der Waals surface area contributed by atoms with Gasteiger partial charge in [0.1, 0.15) is 5.75 Å². The van der Waals surface area contributed by atoms with Crippen molar-refractivity contribution in [3.8, 4) is 17.6 Å². The van der Waals surface area contributed by atoms with Gasteiger partial charge in [-0.1, -0.05) is 30.0 Å². The molecule has 2 aromatic carbocycles. The zero-order valence-electron chi connectivity index (χ0n) is 18.4. The minimum Gasteiger partial charge on any atom is -0.467 e. The van der Waals surface area contributed by atoms with E-state index in [1.807, 2.05) is 18.2 Å². The van der Waals surface area contributed by atoms with Crippen LogP contribution in [0.5, 0.6) is 5.75 Å². The fourth-order valence-electron chi connectivity index (χ4n) is 6.56. The molecule has 4 aliphatic carbocycles. The van der Waals surface area contributed by atoms with Crippen LogP contribution in [0.2, 0.25) is 0 Å². The van der Waals surface area contributed by atoms with Crippen LogP contribution < -0.4 is 4.74 Å². The first-order valence-corrected chi connectivity index (χ1v) is 11.7. The molecule has 0 heterocycles. The van der Waals surface area contributed by atoms with Crippen LogP contribution >= 0.6 is 0 Å². The molecule has 4 aliphatic rings. The van der Waals surface area contributed by atoms with Gasteiger partial charge in [0.05, 0.1) is 13.2 Å². The molecular weight excluding hydrogens is 384 g/mol. The van der Waals surface area contributed by atoms with E-state index in [0.29, 0.717) is 13.2 Å². The van der Waals surface area contributed by atoms with Crippen molar-refractivity contribution in [1.29, 1.82) is 0 Å². The smallest absolute Gasteiger partial charge is 0.189 e. The maximum atomic E-state index is 6.17. The van der Waals surface area contributed by atoms with Crippen molar-refractivity contribution in [3.05, 3.63) is 65.2 Å². The summed E-state index contributed by atoms with van der Waals surface area (Å²) in [6.07, 6.45) is 8.20. The molecule has 0 spiro atoms. The minimum absolute atomic E-state index is 0.251. The van der Waals surface area contributed by atoms with Crippen LogP contribution in [0.25, 0.3) is 0 Å². The zero-order chi connectivity index (χ0) is 21.1. The summed E-state index contributed by atoms with van der Waals surface area (Å²) in [6, 6.07) is 16.7. The monoisotopic (exact) mass is 416 g/mol. The Bertz CT molecular complexity index is 918. The molecule has 3 heteroatoms. The molecule has 6 rings (SSSR count). The van der Waals surface area contributed by atoms with E-state index in [1.165, 1.54) is 44.1 Å². The lowest BCUT2D eigenvalue weighted by Gasteiger charge is -2.57. The van der Waals surface area contributed by atoms with E-state index in [1.54, 1.807) is 7.11 Å². The van der Waals surface area contributed by atoms with E-state index in [4.69, 9.17) is 14.2 Å². The number of benzene rings is 2. The summed E-state index contributed by atoms with van der Waals surface area (Å²) in [6.45, 7) is 1.39. The number of methoxy groups -OCH3 is 1. The molecule has 0 radical (unpaired) electrons. The fourth-order valence-corrected chi connectivity index (χ4v) is 6.56. The van der Waals surface area contributed by atoms with E-state index in [-0.39, 0.29) is 12.2 Å². The first-order chi connectivity index (χ1) is 15.2. The van der Waals surface area contributed by atoms with Crippen LogP contribution in [0.3, 0.4) is 0 Å². The Morgan fingerprint density at radius 1 is 0.839 bits per heavy atom. The maximum absolute atomic E-state index is 6.17. The van der Waals surface area contributed by atoms with Crippen LogP contribution in [-0.4, -0.2) is 27.1 Å². The second-order valence-corrected chi connectivity index (χ2v) is 9.69. The van der Waals surface area contributed by atoms with Gasteiger partial charge in [0.2, 0.25) is 0 Å². The topological polar surface area (TPSA) is 27.7 Å². The quantitative estimate of drug-likeness (QED) is 0.336. The standard InChI is InChI=1S/C28H32O3/c1-29-11-12-30-20-31-27-10-9-22(8-7-21-5-3-2-4-6-21)16-26(27)28-17-23-13-24(18-28)15-25(14-23)19-28/h2-6,9-10,16,23-25H,11-15,17-20H2,1H3. The summed E-state index contributed by atoms with van der Waals surface area (Å²) in [7, 11) is 1.69. The highest BCUT2D eigenvalue weighted by atomic mass is 16.7. The van der Waals surface area contributed by atoms with E-state index >= 15 is 0 Å². The van der Waals surface area contributed by atoms with Crippen LogP contribution in [0.4, 0.5) is 0 Å². The number of hydrogen-bond acceptors (Lipinski definition) is 3. The Morgan fingerprint density at radius 3 is 2.19 bits per heavy atom. The Labute approximate surface area is 186 Å². The molecule has 0 N–H and O–H groups in total. The summed E-state index contributed by atoms with van der Waals surface area (Å²) in [4.78, 5) is 0. The summed E-state index contributed by atoms with van der Waals surface area (Å²) in [5.74, 6) is 10.3. The van der Waals surface area contributed by atoms with Crippen LogP contribution in [-0.2, 0) is 14.9 Å². The van der Waals surface area contributed by atoms with Gasteiger partial charge in [0, 0.05) is 23.8 Å². The lowest BCUT2D eigenvalue weighted by atomic mass is 9.48. The zero-order valence-corrected chi connectivity index (χ0v) is 18.4. The minimum atomic E-state index is 0.251. The van der Waals surface area contributed by atoms with Crippen LogP contribution in [0, 0.1) is 29.6 Å². The molecule has 4 bridgehead atoms. The van der Waals surface area contributed by atoms with Gasteiger partial charge in [-0.2, -0.15) is 0 Å². The summed E-state index contributed by atoms with van der Waals surface area (Å²) in [5, 5.41) is 0. The van der Waals surface area contributed by atoms with Crippen molar-refractivity contribution in [2.75, 3.05) is 27.1 Å². The Kier molecular flexibility index (Phi) is 6.03. The molecule has 4 saturated carbocycles. The molecule has 162 valence electrons. The summed E-state index contributed by atoms with van der Waals surface area (Å²) >= 11 is 0. The normalized spacial score (nSPS) is 28.2. The van der Waals surface area contributed by atoms with E-state index in [9.17, 15) is 0 Å². The van der Waals surface area contributed by atoms with Crippen molar-refractivity contribution in [2.45, 2.75) is 43.9 Å². The second kappa shape index (κ2) is 9.07. The molecule has 31 heavy (non-hydrogen) atoms. The molecule has 0 aromatic heterocycles. The third-order valence-electron chi connectivity index (χ3n) is 7.44. The average molecular weight is 417 g/mol. The second-order valence-electron chi connectivity index (χ2n) is 9.69. The maximum Gasteiger partial charge on any atom is 0.189 e. The largest absolute Gasteiger partial charge is 0.467 e. The van der Waals surface area contributed by atoms with Crippen molar-refractivity contribution in [2.24, 2.45) is 17.8 Å². The Balaban J connectivity index is 1.44. The van der Waals surface area contributed by atoms with Gasteiger partial charge in [-0.15, -0.1) is 0 Å². The lowest BCUT2D eigenvalue weighted by Crippen LogP contribution is -2.48. The van der Waals surface area contributed by atoms with Crippen molar-refractivity contribution >= 4 is 0 Å².